The van der Waals surface area contributed by atoms with E-state index in [4.69, 9.17) is 4.74 Å². The quantitative estimate of drug-likeness (QED) is 0.580. The van der Waals surface area contributed by atoms with Crippen LogP contribution in [0.2, 0.25) is 0 Å². The van der Waals surface area contributed by atoms with Crippen LogP contribution in [0.15, 0.2) is 67.4 Å². The molecule has 0 spiro atoms. The zero-order chi connectivity index (χ0) is 14.8. The summed E-state index contributed by atoms with van der Waals surface area (Å²) in [4.78, 5) is 8.48. The van der Waals surface area contributed by atoms with E-state index in [1.807, 2.05) is 53.1 Å². The molecule has 3 aromatic heterocycles. The van der Waals surface area contributed by atoms with Gasteiger partial charge in [0, 0.05) is 24.2 Å². The lowest BCUT2D eigenvalue weighted by Crippen LogP contribution is -1.92. The van der Waals surface area contributed by atoms with Gasteiger partial charge >= 0.3 is 6.01 Å². The predicted molar refractivity (Wildman–Crippen MR) is 80.5 cm³/mol. The topological polar surface area (TPSA) is 65.2 Å². The Kier molecular flexibility index (Phi) is 2.97. The highest BCUT2D eigenvalue weighted by Gasteiger charge is 2.04. The van der Waals surface area contributed by atoms with Crippen LogP contribution >= 0.6 is 0 Å². The van der Waals surface area contributed by atoms with Crippen molar-refractivity contribution in [2.75, 3.05) is 0 Å². The highest BCUT2D eigenvalue weighted by molar-refractivity contribution is 5.65. The van der Waals surface area contributed by atoms with Crippen LogP contribution < -0.4 is 4.74 Å². The van der Waals surface area contributed by atoms with Crippen LogP contribution in [-0.2, 0) is 0 Å². The summed E-state index contributed by atoms with van der Waals surface area (Å²) in [6.45, 7) is 0. The van der Waals surface area contributed by atoms with Crippen molar-refractivity contribution in [1.82, 2.24) is 24.6 Å². The first kappa shape index (κ1) is 12.5. The van der Waals surface area contributed by atoms with Crippen molar-refractivity contribution in [2.45, 2.75) is 0 Å². The number of nitrogens with zero attached hydrogens (tertiary/aromatic N) is 5. The van der Waals surface area contributed by atoms with Crippen LogP contribution in [0.1, 0.15) is 0 Å². The lowest BCUT2D eigenvalue weighted by molar-refractivity contribution is 0.442. The maximum absolute atomic E-state index is 5.58. The Morgan fingerprint density at radius 3 is 2.55 bits per heavy atom. The smallest absolute Gasteiger partial charge is 0.321 e. The molecule has 0 N–H and O–H groups in total. The molecule has 4 aromatic rings. The van der Waals surface area contributed by atoms with Gasteiger partial charge in [-0.3, -0.25) is 4.40 Å². The van der Waals surface area contributed by atoms with E-state index in [9.17, 15) is 0 Å². The van der Waals surface area contributed by atoms with Gasteiger partial charge in [0.1, 0.15) is 12.1 Å². The Labute approximate surface area is 126 Å². The average Bonchev–Trinajstić information content (AvgIpc) is 3.04. The molecular formula is C16H11N5O. The Hall–Kier alpha value is -3.28. The SMILES string of the molecule is c1ccc(Oc2ncc(-c3ccn4cnnc4c3)cn2)cc1. The Morgan fingerprint density at radius 2 is 1.73 bits per heavy atom. The fraction of sp³-hybridized carbons (Fsp3) is 0. The molecule has 3 heterocycles. The number of aromatic nitrogens is 5. The average molecular weight is 289 g/mol. The number of rotatable bonds is 3. The van der Waals surface area contributed by atoms with Crippen LogP contribution in [0, 0.1) is 0 Å². The summed E-state index contributed by atoms with van der Waals surface area (Å²) in [5, 5.41) is 7.88. The van der Waals surface area contributed by atoms with Gasteiger partial charge in [-0.2, -0.15) is 0 Å². The number of para-hydroxylation sites is 1. The van der Waals surface area contributed by atoms with E-state index in [0.717, 1.165) is 16.8 Å². The first-order chi connectivity index (χ1) is 10.9. The molecule has 6 nitrogen and oxygen atoms in total. The first-order valence-corrected chi connectivity index (χ1v) is 6.73. The van der Waals surface area contributed by atoms with Gasteiger partial charge in [0.2, 0.25) is 0 Å². The summed E-state index contributed by atoms with van der Waals surface area (Å²) in [5.74, 6) is 0.708. The third-order valence-electron chi connectivity index (χ3n) is 3.21. The summed E-state index contributed by atoms with van der Waals surface area (Å²) < 4.78 is 7.42. The van der Waals surface area contributed by atoms with Crippen LogP contribution in [0.25, 0.3) is 16.8 Å². The molecule has 6 heteroatoms. The van der Waals surface area contributed by atoms with E-state index in [0.29, 0.717) is 11.8 Å². The van der Waals surface area contributed by atoms with Gasteiger partial charge < -0.3 is 4.74 Å². The molecule has 106 valence electrons. The normalized spacial score (nSPS) is 10.7. The lowest BCUT2D eigenvalue weighted by atomic mass is 10.1. The van der Waals surface area contributed by atoms with Crippen molar-refractivity contribution in [3.8, 4) is 22.9 Å². The van der Waals surface area contributed by atoms with Crippen molar-refractivity contribution in [1.29, 1.82) is 0 Å². The predicted octanol–water partition coefficient (Wildman–Crippen LogP) is 2.98. The molecule has 1 aromatic carbocycles. The minimum absolute atomic E-state index is 0.318. The van der Waals surface area contributed by atoms with Gasteiger partial charge in [-0.05, 0) is 29.8 Å². The van der Waals surface area contributed by atoms with Gasteiger partial charge in [0.05, 0.1) is 0 Å². The van der Waals surface area contributed by atoms with Gasteiger partial charge in [-0.25, -0.2) is 9.97 Å². The fourth-order valence-corrected chi connectivity index (χ4v) is 2.11. The molecule has 0 amide bonds. The molecule has 0 aliphatic carbocycles. The monoisotopic (exact) mass is 289 g/mol. The van der Waals surface area contributed by atoms with Crippen molar-refractivity contribution in [3.05, 3.63) is 67.4 Å². The van der Waals surface area contributed by atoms with Gasteiger partial charge in [0.25, 0.3) is 0 Å². The number of benzene rings is 1. The van der Waals surface area contributed by atoms with E-state index < -0.39 is 0 Å². The largest absolute Gasteiger partial charge is 0.424 e. The second kappa shape index (κ2) is 5.25. The molecule has 0 atom stereocenters. The number of hydrogen-bond donors (Lipinski definition) is 0. The zero-order valence-corrected chi connectivity index (χ0v) is 11.5. The molecule has 0 saturated carbocycles. The third-order valence-corrected chi connectivity index (χ3v) is 3.21. The Balaban J connectivity index is 1.61. The summed E-state index contributed by atoms with van der Waals surface area (Å²) in [5.41, 5.74) is 2.65. The minimum Gasteiger partial charge on any atom is -0.424 e. The highest BCUT2D eigenvalue weighted by Crippen LogP contribution is 2.21. The molecule has 0 bridgehead atoms. The second-order valence-corrected chi connectivity index (χ2v) is 4.68. The van der Waals surface area contributed by atoms with E-state index in [1.54, 1.807) is 18.7 Å². The molecule has 0 radical (unpaired) electrons. The van der Waals surface area contributed by atoms with Gasteiger partial charge in [0.15, 0.2) is 5.65 Å². The molecule has 0 fully saturated rings. The molecule has 0 aliphatic heterocycles. The number of pyridine rings is 1. The summed E-state index contributed by atoms with van der Waals surface area (Å²) >= 11 is 0. The van der Waals surface area contributed by atoms with E-state index in [2.05, 4.69) is 20.2 Å². The lowest BCUT2D eigenvalue weighted by Gasteiger charge is -2.05. The summed E-state index contributed by atoms with van der Waals surface area (Å²) in [6.07, 6.45) is 7.02. The molecule has 4 rings (SSSR count). The van der Waals surface area contributed by atoms with Crippen LogP contribution in [0.5, 0.6) is 11.8 Å². The molecular weight excluding hydrogens is 278 g/mol. The van der Waals surface area contributed by atoms with Gasteiger partial charge in [-0.1, -0.05) is 18.2 Å². The third kappa shape index (κ3) is 2.37. The maximum atomic E-state index is 5.58. The molecule has 0 aliphatic rings. The molecule has 22 heavy (non-hydrogen) atoms. The summed E-state index contributed by atoms with van der Waals surface area (Å²) in [7, 11) is 0. The standard InChI is InChI=1S/C16H11N5O/c1-2-4-14(5-3-1)22-16-17-9-13(10-18-16)12-6-7-21-11-19-20-15(21)8-12/h1-11H. The molecule has 0 unspecified atom stereocenters. The fourth-order valence-electron chi connectivity index (χ4n) is 2.11. The minimum atomic E-state index is 0.318. The first-order valence-electron chi connectivity index (χ1n) is 6.73. The number of ether oxygens (including phenoxy) is 1. The van der Waals surface area contributed by atoms with E-state index in [1.165, 1.54) is 0 Å². The highest BCUT2D eigenvalue weighted by atomic mass is 16.5. The Bertz CT molecular complexity index is 903. The van der Waals surface area contributed by atoms with Crippen molar-refractivity contribution in [2.24, 2.45) is 0 Å². The van der Waals surface area contributed by atoms with E-state index in [-0.39, 0.29) is 0 Å². The summed E-state index contributed by atoms with van der Waals surface area (Å²) in [6, 6.07) is 13.7. The van der Waals surface area contributed by atoms with Crippen LogP contribution in [-0.4, -0.2) is 24.6 Å². The van der Waals surface area contributed by atoms with E-state index >= 15 is 0 Å². The van der Waals surface area contributed by atoms with Crippen molar-refractivity contribution < 1.29 is 4.74 Å². The van der Waals surface area contributed by atoms with Crippen LogP contribution in [0.4, 0.5) is 0 Å². The van der Waals surface area contributed by atoms with Crippen LogP contribution in [0.3, 0.4) is 0 Å². The Morgan fingerprint density at radius 1 is 0.909 bits per heavy atom. The van der Waals surface area contributed by atoms with Crippen molar-refractivity contribution >= 4 is 5.65 Å². The number of fused-ring (bicyclic) bond motifs is 1. The maximum Gasteiger partial charge on any atom is 0.321 e. The molecule has 0 saturated heterocycles. The van der Waals surface area contributed by atoms with Crippen molar-refractivity contribution in [3.63, 3.8) is 0 Å². The number of hydrogen-bond acceptors (Lipinski definition) is 5. The zero-order valence-electron chi connectivity index (χ0n) is 11.5. The van der Waals surface area contributed by atoms with Gasteiger partial charge in [-0.15, -0.1) is 10.2 Å². The second-order valence-electron chi connectivity index (χ2n) is 4.68.